The molecule has 1 aromatic heterocycles. The second kappa shape index (κ2) is 3.05. The number of thiazole rings is 1. The lowest BCUT2D eigenvalue weighted by Crippen LogP contribution is -1.96. The zero-order chi connectivity index (χ0) is 7.72. The van der Waals surface area contributed by atoms with Crippen LogP contribution >= 0.6 is 27.3 Å². The van der Waals surface area contributed by atoms with E-state index in [9.17, 15) is 0 Å². The summed E-state index contributed by atoms with van der Waals surface area (Å²) in [6.45, 7) is 4.36. The third-order valence-electron chi connectivity index (χ3n) is 1.24. The van der Waals surface area contributed by atoms with Crippen molar-refractivity contribution < 1.29 is 0 Å². The number of aromatic nitrogens is 1. The van der Waals surface area contributed by atoms with Crippen molar-refractivity contribution in [2.24, 2.45) is 0 Å². The van der Waals surface area contributed by atoms with Crippen LogP contribution in [0.5, 0.6) is 0 Å². The van der Waals surface area contributed by atoms with Crippen LogP contribution in [0, 0.1) is 0 Å². The third kappa shape index (κ3) is 1.61. The van der Waals surface area contributed by atoms with Crippen LogP contribution in [0.1, 0.15) is 24.6 Å². The largest absolute Gasteiger partial charge is 0.245 e. The third-order valence-corrected chi connectivity index (χ3v) is 3.38. The van der Waals surface area contributed by atoms with Crippen molar-refractivity contribution in [1.82, 2.24) is 4.98 Å². The minimum atomic E-state index is 0.584. The van der Waals surface area contributed by atoms with Crippen LogP contribution in [0.3, 0.4) is 0 Å². The highest BCUT2D eigenvalue weighted by Crippen LogP contribution is 2.25. The molecule has 54 valence electrons. The lowest BCUT2D eigenvalue weighted by atomic mass is 10.2. The van der Waals surface area contributed by atoms with E-state index in [4.69, 9.17) is 0 Å². The first-order chi connectivity index (χ1) is 4.61. The summed E-state index contributed by atoms with van der Waals surface area (Å²) in [5.41, 5.74) is 0. The molecule has 0 saturated heterocycles. The second-order valence-corrected chi connectivity index (χ2v) is 4.53. The maximum Gasteiger partial charge on any atom is 0.177 e. The smallest absolute Gasteiger partial charge is 0.177 e. The molecular weight excluding hydrogens is 209 g/mol. The van der Waals surface area contributed by atoms with Crippen LogP contribution in [0.4, 0.5) is 0 Å². The van der Waals surface area contributed by atoms with Gasteiger partial charge in [-0.25, -0.2) is 4.98 Å². The normalized spacial score (nSPS) is 10.8. The first kappa shape index (κ1) is 8.27. The van der Waals surface area contributed by atoms with Gasteiger partial charge in [-0.2, -0.15) is 0 Å². The summed E-state index contributed by atoms with van der Waals surface area (Å²) in [5, 5.41) is 0. The predicted octanol–water partition coefficient (Wildman–Crippen LogP) is 1.29. The van der Waals surface area contributed by atoms with E-state index < -0.39 is 0 Å². The molecule has 0 amide bonds. The van der Waals surface area contributed by atoms with Crippen molar-refractivity contribution in [2.45, 2.75) is 19.8 Å². The number of hydrogen-bond donors (Lipinski definition) is 0. The average Bonchev–Trinajstić information content (AvgIpc) is 2.10. The van der Waals surface area contributed by atoms with Gasteiger partial charge in [-0.3, -0.25) is 0 Å². The number of halogens is 1. The van der Waals surface area contributed by atoms with Crippen molar-refractivity contribution in [1.29, 1.82) is 0 Å². The van der Waals surface area contributed by atoms with Gasteiger partial charge in [0.05, 0.1) is 0 Å². The number of hydrogen-bond acceptors (Lipinski definition) is 2. The summed E-state index contributed by atoms with van der Waals surface area (Å²) < 4.78 is 1.02. The molecule has 0 radical (unpaired) electrons. The lowest BCUT2D eigenvalue weighted by molar-refractivity contribution is 0.879. The summed E-state index contributed by atoms with van der Waals surface area (Å²) in [6.07, 6.45) is 0. The van der Waals surface area contributed by atoms with Gasteiger partial charge in [0, 0.05) is 9.78 Å². The quantitative estimate of drug-likeness (QED) is 0.647. The molecule has 1 nitrogen and oxygen atoms in total. The molecular formula is C6H9BBrNS. The number of nitrogens with zero attached hydrogens (tertiary/aromatic N) is 1. The molecule has 4 heteroatoms. The molecule has 0 aliphatic heterocycles. The Bertz CT molecular complexity index is 234. The van der Waals surface area contributed by atoms with E-state index in [1.807, 2.05) is 7.85 Å². The van der Waals surface area contributed by atoms with Crippen LogP contribution < -0.4 is 4.91 Å². The summed E-state index contributed by atoms with van der Waals surface area (Å²) in [5.74, 6) is 0.584. The van der Waals surface area contributed by atoms with Crippen LogP contribution in [-0.4, -0.2) is 12.8 Å². The topological polar surface area (TPSA) is 12.9 Å². The molecule has 0 fully saturated rings. The summed E-state index contributed by atoms with van der Waals surface area (Å²) in [4.78, 5) is 6.75. The fourth-order valence-corrected chi connectivity index (χ4v) is 2.68. The zero-order valence-corrected chi connectivity index (χ0v) is 8.71. The van der Waals surface area contributed by atoms with Crippen molar-refractivity contribution >= 4 is 40.0 Å². The molecule has 1 heterocycles. The van der Waals surface area contributed by atoms with Gasteiger partial charge < -0.3 is 0 Å². The summed E-state index contributed by atoms with van der Waals surface area (Å²) in [6, 6.07) is 0. The minimum Gasteiger partial charge on any atom is -0.245 e. The fourth-order valence-electron chi connectivity index (χ4n) is 0.773. The molecule has 1 rings (SSSR count). The van der Waals surface area contributed by atoms with Gasteiger partial charge in [-0.1, -0.05) is 13.8 Å². The van der Waals surface area contributed by atoms with Crippen molar-refractivity contribution in [3.8, 4) is 0 Å². The molecule has 0 aromatic carbocycles. The van der Waals surface area contributed by atoms with Gasteiger partial charge in [-0.05, 0) is 21.8 Å². The van der Waals surface area contributed by atoms with E-state index in [0.29, 0.717) is 5.92 Å². The van der Waals surface area contributed by atoms with Crippen LogP contribution in [0.15, 0.2) is 4.60 Å². The Morgan fingerprint density at radius 3 is 2.40 bits per heavy atom. The van der Waals surface area contributed by atoms with Crippen molar-refractivity contribution in [2.75, 3.05) is 0 Å². The Kier molecular flexibility index (Phi) is 2.52. The van der Waals surface area contributed by atoms with Gasteiger partial charge in [-0.15, -0.1) is 11.3 Å². The van der Waals surface area contributed by atoms with Crippen LogP contribution in [0.25, 0.3) is 0 Å². The van der Waals surface area contributed by atoms with E-state index in [1.165, 1.54) is 4.88 Å². The van der Waals surface area contributed by atoms with E-state index in [-0.39, 0.29) is 0 Å². The second-order valence-electron chi connectivity index (χ2n) is 2.54. The molecule has 0 spiro atoms. The Balaban J connectivity index is 3.03. The Morgan fingerprint density at radius 2 is 2.20 bits per heavy atom. The predicted molar refractivity (Wildman–Crippen MR) is 52.1 cm³/mol. The highest BCUT2D eigenvalue weighted by atomic mass is 79.9. The van der Waals surface area contributed by atoms with E-state index in [0.717, 1.165) is 9.51 Å². The SMILES string of the molecule is Bc1nc(Br)c(C(C)C)s1. The standard InChI is InChI=1S/C6H9BBrNS/c1-3(2)4-5(8)9-6(7)10-4/h3H,7H2,1-2H3. The summed E-state index contributed by atoms with van der Waals surface area (Å²) >= 11 is 5.18. The highest BCUT2D eigenvalue weighted by Gasteiger charge is 2.08. The number of rotatable bonds is 1. The van der Waals surface area contributed by atoms with Gasteiger partial charge in [0.1, 0.15) is 4.60 Å². The van der Waals surface area contributed by atoms with Crippen molar-refractivity contribution in [3.05, 3.63) is 9.48 Å². The zero-order valence-electron chi connectivity index (χ0n) is 6.31. The van der Waals surface area contributed by atoms with Gasteiger partial charge in [0.15, 0.2) is 7.85 Å². The van der Waals surface area contributed by atoms with Crippen LogP contribution in [-0.2, 0) is 0 Å². The lowest BCUT2D eigenvalue weighted by Gasteiger charge is -1.97. The van der Waals surface area contributed by atoms with Crippen LogP contribution in [0.2, 0.25) is 0 Å². The molecule has 0 bridgehead atoms. The van der Waals surface area contributed by atoms with Gasteiger partial charge in [0.25, 0.3) is 0 Å². The van der Waals surface area contributed by atoms with Crippen molar-refractivity contribution in [3.63, 3.8) is 0 Å². The highest BCUT2D eigenvalue weighted by molar-refractivity contribution is 9.10. The molecule has 0 N–H and O–H groups in total. The molecule has 1 aromatic rings. The van der Waals surface area contributed by atoms with Gasteiger partial charge in [0.2, 0.25) is 0 Å². The Morgan fingerprint density at radius 1 is 1.60 bits per heavy atom. The first-order valence-electron chi connectivity index (χ1n) is 3.24. The van der Waals surface area contributed by atoms with E-state index in [2.05, 4.69) is 34.8 Å². The molecule has 0 saturated carbocycles. The summed E-state index contributed by atoms with van der Waals surface area (Å²) in [7, 11) is 2.03. The molecule has 0 unspecified atom stereocenters. The molecule has 0 aliphatic carbocycles. The Hall–Kier alpha value is 0.175. The van der Waals surface area contributed by atoms with E-state index in [1.54, 1.807) is 11.3 Å². The monoisotopic (exact) mass is 217 g/mol. The van der Waals surface area contributed by atoms with E-state index >= 15 is 0 Å². The maximum atomic E-state index is 4.27. The Labute approximate surface area is 74.4 Å². The van der Waals surface area contributed by atoms with Gasteiger partial charge >= 0.3 is 0 Å². The molecule has 0 aliphatic rings. The first-order valence-corrected chi connectivity index (χ1v) is 4.85. The minimum absolute atomic E-state index is 0.584. The fraction of sp³-hybridized carbons (Fsp3) is 0.500. The maximum absolute atomic E-state index is 4.27. The molecule has 0 atom stereocenters. The average molecular weight is 218 g/mol. The molecule has 10 heavy (non-hydrogen) atoms.